The fraction of sp³-hybridized carbons (Fsp3) is 0.200. The maximum atomic E-state index is 5.63. The van der Waals surface area contributed by atoms with Crippen molar-refractivity contribution in [2.24, 2.45) is 0 Å². The van der Waals surface area contributed by atoms with E-state index in [0.29, 0.717) is 11.4 Å². The third kappa shape index (κ3) is 2.83. The van der Waals surface area contributed by atoms with Crippen molar-refractivity contribution in [1.82, 2.24) is 19.2 Å². The van der Waals surface area contributed by atoms with E-state index in [1.165, 1.54) is 0 Å². The molecule has 4 nitrogen and oxygen atoms in total. The van der Waals surface area contributed by atoms with Gasteiger partial charge in [0.2, 0.25) is 4.77 Å². The van der Waals surface area contributed by atoms with Crippen LogP contribution in [0.15, 0.2) is 47.8 Å². The molecule has 0 saturated heterocycles. The number of thiophene rings is 1. The molecule has 0 bridgehead atoms. The third-order valence-corrected chi connectivity index (χ3v) is 4.27. The van der Waals surface area contributed by atoms with Crippen molar-refractivity contribution in [2.45, 2.75) is 6.67 Å². The Morgan fingerprint density at radius 3 is 2.52 bits per heavy atom. The Bertz CT molecular complexity index is 770. The number of aromatic nitrogens is 3. The fourth-order valence-corrected chi connectivity index (χ4v) is 3.13. The quantitative estimate of drug-likeness (QED) is 0.687. The number of rotatable bonds is 4. The Labute approximate surface area is 132 Å². The van der Waals surface area contributed by atoms with Crippen LogP contribution in [0.2, 0.25) is 0 Å². The van der Waals surface area contributed by atoms with E-state index in [9.17, 15) is 0 Å². The normalized spacial score (nSPS) is 11.2. The molecule has 2 heterocycles. The lowest BCUT2D eigenvalue weighted by Crippen LogP contribution is -2.18. The molecule has 0 radical (unpaired) electrons. The van der Waals surface area contributed by atoms with E-state index >= 15 is 0 Å². The second kappa shape index (κ2) is 5.93. The van der Waals surface area contributed by atoms with Crippen molar-refractivity contribution in [3.05, 3.63) is 52.6 Å². The summed E-state index contributed by atoms with van der Waals surface area (Å²) in [6.45, 7) is 0.664. The van der Waals surface area contributed by atoms with Crippen molar-refractivity contribution < 1.29 is 0 Å². The predicted molar refractivity (Wildman–Crippen MR) is 89.4 cm³/mol. The van der Waals surface area contributed by atoms with Crippen molar-refractivity contribution in [1.29, 1.82) is 0 Å². The minimum absolute atomic E-state index is 0.664. The van der Waals surface area contributed by atoms with E-state index in [1.807, 2.05) is 47.6 Å². The van der Waals surface area contributed by atoms with Crippen molar-refractivity contribution >= 4 is 23.6 Å². The second-order valence-electron chi connectivity index (χ2n) is 4.98. The minimum Gasteiger partial charge on any atom is -0.290 e. The van der Waals surface area contributed by atoms with Crippen molar-refractivity contribution in [3.8, 4) is 16.4 Å². The molecule has 0 atom stereocenters. The predicted octanol–water partition coefficient (Wildman–Crippen LogP) is 3.65. The first-order valence-electron chi connectivity index (χ1n) is 6.60. The van der Waals surface area contributed by atoms with Crippen LogP contribution < -0.4 is 0 Å². The first-order chi connectivity index (χ1) is 10.2. The summed E-state index contributed by atoms with van der Waals surface area (Å²) in [6.07, 6.45) is 0. The minimum atomic E-state index is 0.664. The maximum Gasteiger partial charge on any atom is 0.204 e. The summed E-state index contributed by atoms with van der Waals surface area (Å²) in [6, 6.07) is 14.2. The summed E-state index contributed by atoms with van der Waals surface area (Å²) >= 11 is 7.30. The Hall–Kier alpha value is -1.76. The van der Waals surface area contributed by atoms with Gasteiger partial charge in [-0.1, -0.05) is 24.3 Å². The van der Waals surface area contributed by atoms with Gasteiger partial charge in [-0.05, 0) is 49.9 Å². The third-order valence-electron chi connectivity index (χ3n) is 3.01. The molecule has 1 aromatic carbocycles. The highest BCUT2D eigenvalue weighted by Gasteiger charge is 2.15. The maximum absolute atomic E-state index is 5.63. The summed E-state index contributed by atoms with van der Waals surface area (Å²) in [4.78, 5) is 3.17. The summed E-state index contributed by atoms with van der Waals surface area (Å²) in [7, 11) is 4.02. The van der Waals surface area contributed by atoms with E-state index < -0.39 is 0 Å². The van der Waals surface area contributed by atoms with Gasteiger partial charge in [0.1, 0.15) is 0 Å². The SMILES string of the molecule is CN(C)Cn1nc(-c2cccs2)n(-c2ccccc2)c1=S. The molecule has 6 heteroatoms. The molecule has 0 aliphatic heterocycles. The monoisotopic (exact) mass is 316 g/mol. The molecule has 3 rings (SSSR count). The first-order valence-corrected chi connectivity index (χ1v) is 7.89. The van der Waals surface area contributed by atoms with Crippen LogP contribution in [0.4, 0.5) is 0 Å². The van der Waals surface area contributed by atoms with Gasteiger partial charge in [-0.25, -0.2) is 4.68 Å². The molecule has 0 saturated carbocycles. The molecule has 0 spiro atoms. The van der Waals surface area contributed by atoms with Crippen LogP contribution in [0, 0.1) is 4.77 Å². The Morgan fingerprint density at radius 2 is 1.90 bits per heavy atom. The van der Waals surface area contributed by atoms with Crippen LogP contribution in [-0.2, 0) is 6.67 Å². The lowest BCUT2D eigenvalue weighted by molar-refractivity contribution is 0.304. The highest BCUT2D eigenvalue weighted by atomic mass is 32.1. The van der Waals surface area contributed by atoms with Gasteiger partial charge >= 0.3 is 0 Å². The van der Waals surface area contributed by atoms with Gasteiger partial charge in [-0.3, -0.25) is 9.47 Å². The van der Waals surface area contributed by atoms with Gasteiger partial charge in [0, 0.05) is 5.69 Å². The molecule has 0 fully saturated rings. The Balaban J connectivity index is 2.21. The Morgan fingerprint density at radius 1 is 1.14 bits per heavy atom. The highest BCUT2D eigenvalue weighted by Crippen LogP contribution is 2.26. The molecule has 0 aliphatic carbocycles. The summed E-state index contributed by atoms with van der Waals surface area (Å²) in [5, 5.41) is 6.77. The van der Waals surface area contributed by atoms with Crippen molar-refractivity contribution in [3.63, 3.8) is 0 Å². The summed E-state index contributed by atoms with van der Waals surface area (Å²) in [5.74, 6) is 0.892. The van der Waals surface area contributed by atoms with Crippen LogP contribution >= 0.6 is 23.6 Å². The van der Waals surface area contributed by atoms with E-state index in [0.717, 1.165) is 16.4 Å². The topological polar surface area (TPSA) is 26.0 Å². The van der Waals surface area contributed by atoms with Gasteiger partial charge in [0.25, 0.3) is 0 Å². The number of hydrogen-bond acceptors (Lipinski definition) is 4. The van der Waals surface area contributed by atoms with E-state index in [2.05, 4.69) is 28.5 Å². The molecule has 3 aromatic rings. The molecule has 0 amide bonds. The van der Waals surface area contributed by atoms with Gasteiger partial charge in [-0.15, -0.1) is 16.4 Å². The van der Waals surface area contributed by atoms with Crippen LogP contribution in [0.5, 0.6) is 0 Å². The van der Waals surface area contributed by atoms with E-state index in [-0.39, 0.29) is 0 Å². The molecule has 21 heavy (non-hydrogen) atoms. The van der Waals surface area contributed by atoms with E-state index in [1.54, 1.807) is 11.3 Å². The molecule has 2 aromatic heterocycles. The Kier molecular flexibility index (Phi) is 4.01. The number of hydrogen-bond donors (Lipinski definition) is 0. The van der Waals surface area contributed by atoms with Gasteiger partial charge < -0.3 is 0 Å². The van der Waals surface area contributed by atoms with Crippen molar-refractivity contribution in [2.75, 3.05) is 14.1 Å². The summed E-state index contributed by atoms with van der Waals surface area (Å²) in [5.41, 5.74) is 1.04. The molecule has 0 aliphatic rings. The summed E-state index contributed by atoms with van der Waals surface area (Å²) < 4.78 is 4.60. The number of nitrogens with zero attached hydrogens (tertiary/aromatic N) is 4. The highest BCUT2D eigenvalue weighted by molar-refractivity contribution is 7.71. The average molecular weight is 316 g/mol. The van der Waals surface area contributed by atoms with Gasteiger partial charge in [0.15, 0.2) is 5.82 Å². The largest absolute Gasteiger partial charge is 0.290 e. The molecular weight excluding hydrogens is 300 g/mol. The fourth-order valence-electron chi connectivity index (χ4n) is 2.14. The smallest absolute Gasteiger partial charge is 0.204 e. The lowest BCUT2D eigenvalue weighted by Gasteiger charge is -2.08. The lowest BCUT2D eigenvalue weighted by atomic mass is 10.3. The van der Waals surface area contributed by atoms with Crippen LogP contribution in [0.25, 0.3) is 16.4 Å². The number of benzene rings is 1. The zero-order valence-corrected chi connectivity index (χ0v) is 13.6. The van der Waals surface area contributed by atoms with Crippen LogP contribution in [0.1, 0.15) is 0 Å². The van der Waals surface area contributed by atoms with Gasteiger partial charge in [0.05, 0.1) is 11.5 Å². The van der Waals surface area contributed by atoms with E-state index in [4.69, 9.17) is 17.3 Å². The molecule has 108 valence electrons. The van der Waals surface area contributed by atoms with Crippen LogP contribution in [0.3, 0.4) is 0 Å². The first kappa shape index (κ1) is 14.2. The molecule has 0 unspecified atom stereocenters. The number of para-hydroxylation sites is 1. The standard InChI is InChI=1S/C15H16N4S2/c1-17(2)11-18-15(20)19(12-7-4-3-5-8-12)14(16-18)13-9-6-10-21-13/h3-10H,11H2,1-2H3. The second-order valence-corrected chi connectivity index (χ2v) is 6.29. The van der Waals surface area contributed by atoms with Crippen LogP contribution in [-0.4, -0.2) is 33.3 Å². The zero-order valence-electron chi connectivity index (χ0n) is 11.9. The van der Waals surface area contributed by atoms with Gasteiger partial charge in [-0.2, -0.15) is 0 Å². The molecular formula is C15H16N4S2. The average Bonchev–Trinajstić information content (AvgIpc) is 3.08. The molecule has 0 N–H and O–H groups in total. The zero-order chi connectivity index (χ0) is 14.8.